The molecule has 1 fully saturated rings. The lowest BCUT2D eigenvalue weighted by Gasteiger charge is -2.30. The molecule has 1 saturated heterocycles. The van der Waals surface area contributed by atoms with E-state index < -0.39 is 0 Å². The Morgan fingerprint density at radius 3 is 2.80 bits per heavy atom. The average molecular weight is 210 g/mol. The molecule has 1 N–H and O–H groups in total. The van der Waals surface area contributed by atoms with Gasteiger partial charge in [0.1, 0.15) is 0 Å². The molecule has 0 saturated carbocycles. The van der Waals surface area contributed by atoms with Crippen LogP contribution >= 0.6 is 0 Å². The van der Waals surface area contributed by atoms with Crippen LogP contribution in [0.15, 0.2) is 4.52 Å². The zero-order chi connectivity index (χ0) is 10.7. The summed E-state index contributed by atoms with van der Waals surface area (Å²) >= 11 is 0. The van der Waals surface area contributed by atoms with Gasteiger partial charge in [-0.2, -0.15) is 4.98 Å². The van der Waals surface area contributed by atoms with Crippen molar-refractivity contribution in [1.29, 1.82) is 0 Å². The third-order valence-corrected chi connectivity index (χ3v) is 2.86. The van der Waals surface area contributed by atoms with Crippen LogP contribution in [-0.2, 0) is 6.42 Å². The van der Waals surface area contributed by atoms with Gasteiger partial charge >= 0.3 is 0 Å². The molecule has 1 aliphatic heterocycles. The topological polar surface area (TPSA) is 54.2 Å². The van der Waals surface area contributed by atoms with E-state index in [4.69, 9.17) is 4.52 Å². The van der Waals surface area contributed by atoms with Crippen LogP contribution in [0, 0.1) is 0 Å². The molecule has 1 aliphatic rings. The molecular formula is C10H18N4O. The minimum atomic E-state index is 0.236. The molecule has 15 heavy (non-hydrogen) atoms. The quantitative estimate of drug-likeness (QED) is 0.791. The monoisotopic (exact) mass is 210 g/mol. The number of hydrogen-bond donors (Lipinski definition) is 1. The molecule has 1 aromatic heterocycles. The van der Waals surface area contributed by atoms with E-state index in [0.29, 0.717) is 0 Å². The first-order valence-electron chi connectivity index (χ1n) is 5.58. The van der Waals surface area contributed by atoms with Crippen molar-refractivity contribution >= 4 is 0 Å². The van der Waals surface area contributed by atoms with E-state index in [-0.39, 0.29) is 6.04 Å². The van der Waals surface area contributed by atoms with Crippen LogP contribution in [0.4, 0.5) is 0 Å². The first-order chi connectivity index (χ1) is 7.31. The van der Waals surface area contributed by atoms with Crippen LogP contribution in [-0.4, -0.2) is 41.2 Å². The van der Waals surface area contributed by atoms with Gasteiger partial charge < -0.3 is 9.84 Å². The lowest BCUT2D eigenvalue weighted by atomic mass is 10.2. The second-order valence-corrected chi connectivity index (χ2v) is 3.86. The number of aromatic nitrogens is 2. The number of piperazine rings is 1. The van der Waals surface area contributed by atoms with E-state index in [1.54, 1.807) is 0 Å². The van der Waals surface area contributed by atoms with Crippen molar-refractivity contribution < 1.29 is 4.52 Å². The summed E-state index contributed by atoms with van der Waals surface area (Å²) in [4.78, 5) is 6.73. The fourth-order valence-electron chi connectivity index (χ4n) is 1.81. The summed E-state index contributed by atoms with van der Waals surface area (Å²) in [5.41, 5.74) is 0. The molecule has 0 amide bonds. The van der Waals surface area contributed by atoms with E-state index >= 15 is 0 Å². The van der Waals surface area contributed by atoms with Gasteiger partial charge in [-0.3, -0.25) is 4.90 Å². The Morgan fingerprint density at radius 2 is 2.20 bits per heavy atom. The van der Waals surface area contributed by atoms with Crippen LogP contribution in [0.3, 0.4) is 0 Å². The molecule has 1 aromatic rings. The highest BCUT2D eigenvalue weighted by atomic mass is 16.5. The minimum absolute atomic E-state index is 0.236. The SMILES string of the molecule is CCc1noc([C@H](C)N2CCNCC2)n1. The van der Waals surface area contributed by atoms with Crippen molar-refractivity contribution in [2.75, 3.05) is 26.2 Å². The van der Waals surface area contributed by atoms with Crippen LogP contribution in [0.2, 0.25) is 0 Å². The summed E-state index contributed by atoms with van der Waals surface area (Å²) < 4.78 is 5.25. The summed E-state index contributed by atoms with van der Waals surface area (Å²) in [5.74, 6) is 1.54. The lowest BCUT2D eigenvalue weighted by molar-refractivity contribution is 0.154. The second-order valence-electron chi connectivity index (χ2n) is 3.86. The van der Waals surface area contributed by atoms with Crippen LogP contribution in [0.1, 0.15) is 31.6 Å². The first-order valence-corrected chi connectivity index (χ1v) is 5.58. The summed E-state index contributed by atoms with van der Waals surface area (Å²) in [5, 5.41) is 7.25. The van der Waals surface area contributed by atoms with Gasteiger partial charge in [0, 0.05) is 32.6 Å². The predicted octanol–water partition coefficient (Wildman–Crippen LogP) is 0.598. The van der Waals surface area contributed by atoms with Crippen LogP contribution in [0.25, 0.3) is 0 Å². The number of aryl methyl sites for hydroxylation is 1. The smallest absolute Gasteiger partial charge is 0.243 e. The van der Waals surface area contributed by atoms with Gasteiger partial charge in [0.05, 0.1) is 6.04 Å². The Morgan fingerprint density at radius 1 is 1.47 bits per heavy atom. The largest absolute Gasteiger partial charge is 0.338 e. The summed E-state index contributed by atoms with van der Waals surface area (Å²) in [6, 6.07) is 0.236. The van der Waals surface area contributed by atoms with Gasteiger partial charge in [0.2, 0.25) is 5.89 Å². The first kappa shape index (κ1) is 10.6. The minimum Gasteiger partial charge on any atom is -0.338 e. The molecule has 0 unspecified atom stereocenters. The summed E-state index contributed by atoms with van der Waals surface area (Å²) in [6.45, 7) is 8.33. The maximum atomic E-state index is 5.25. The van der Waals surface area contributed by atoms with E-state index in [9.17, 15) is 0 Å². The Kier molecular flexibility index (Phi) is 3.33. The highest BCUT2D eigenvalue weighted by Crippen LogP contribution is 2.18. The number of nitrogens with zero attached hydrogens (tertiary/aromatic N) is 3. The third kappa shape index (κ3) is 2.35. The van der Waals surface area contributed by atoms with Crippen LogP contribution < -0.4 is 5.32 Å². The fraction of sp³-hybridized carbons (Fsp3) is 0.800. The highest BCUT2D eigenvalue weighted by molar-refractivity contribution is 4.92. The summed E-state index contributed by atoms with van der Waals surface area (Å²) in [6.07, 6.45) is 0.831. The van der Waals surface area contributed by atoms with Gasteiger partial charge in [0.15, 0.2) is 5.82 Å². The molecule has 0 bridgehead atoms. The van der Waals surface area contributed by atoms with Gasteiger partial charge in [-0.25, -0.2) is 0 Å². The Hall–Kier alpha value is -0.940. The molecule has 84 valence electrons. The van der Waals surface area contributed by atoms with Gasteiger partial charge in [-0.1, -0.05) is 12.1 Å². The van der Waals surface area contributed by atoms with Crippen molar-refractivity contribution in [2.45, 2.75) is 26.3 Å². The molecule has 0 aromatic carbocycles. The predicted molar refractivity (Wildman–Crippen MR) is 56.5 cm³/mol. The standard InChI is InChI=1S/C10H18N4O/c1-3-9-12-10(15-13-9)8(2)14-6-4-11-5-7-14/h8,11H,3-7H2,1-2H3/t8-/m0/s1. The van der Waals surface area contributed by atoms with E-state index in [2.05, 4.69) is 27.3 Å². The third-order valence-electron chi connectivity index (χ3n) is 2.86. The van der Waals surface area contributed by atoms with Crippen molar-refractivity contribution in [3.63, 3.8) is 0 Å². The molecule has 2 heterocycles. The van der Waals surface area contributed by atoms with Gasteiger partial charge in [-0.05, 0) is 6.92 Å². The average Bonchev–Trinajstić information content (AvgIpc) is 2.78. The van der Waals surface area contributed by atoms with Crippen molar-refractivity contribution in [2.24, 2.45) is 0 Å². The van der Waals surface area contributed by atoms with Gasteiger partial charge in [-0.15, -0.1) is 0 Å². The zero-order valence-corrected chi connectivity index (χ0v) is 9.36. The van der Waals surface area contributed by atoms with Crippen molar-refractivity contribution in [3.05, 3.63) is 11.7 Å². The second kappa shape index (κ2) is 4.72. The molecule has 0 aliphatic carbocycles. The normalized spacial score (nSPS) is 20.4. The van der Waals surface area contributed by atoms with E-state index in [1.807, 2.05) is 6.92 Å². The molecular weight excluding hydrogens is 192 g/mol. The summed E-state index contributed by atoms with van der Waals surface area (Å²) in [7, 11) is 0. The Labute approximate surface area is 89.8 Å². The molecule has 0 radical (unpaired) electrons. The van der Waals surface area contributed by atoms with E-state index in [1.165, 1.54) is 0 Å². The molecule has 5 nitrogen and oxygen atoms in total. The Bertz CT molecular complexity index is 306. The molecule has 1 atom stereocenters. The van der Waals surface area contributed by atoms with Crippen molar-refractivity contribution in [1.82, 2.24) is 20.4 Å². The van der Waals surface area contributed by atoms with E-state index in [0.717, 1.165) is 44.3 Å². The Balaban J connectivity index is 2.02. The lowest BCUT2D eigenvalue weighted by Crippen LogP contribution is -2.44. The molecule has 2 rings (SSSR count). The maximum Gasteiger partial charge on any atom is 0.243 e. The van der Waals surface area contributed by atoms with Crippen molar-refractivity contribution in [3.8, 4) is 0 Å². The zero-order valence-electron chi connectivity index (χ0n) is 9.36. The molecule has 0 spiro atoms. The highest BCUT2D eigenvalue weighted by Gasteiger charge is 2.22. The fourth-order valence-corrected chi connectivity index (χ4v) is 1.81. The number of rotatable bonds is 3. The molecule has 5 heteroatoms. The van der Waals surface area contributed by atoms with Crippen LogP contribution in [0.5, 0.6) is 0 Å². The number of hydrogen-bond acceptors (Lipinski definition) is 5. The number of nitrogens with one attached hydrogen (secondary N) is 1. The maximum absolute atomic E-state index is 5.25. The van der Waals surface area contributed by atoms with Gasteiger partial charge in [0.25, 0.3) is 0 Å².